The molecule has 0 amide bonds. The van der Waals surface area contributed by atoms with E-state index in [-0.39, 0.29) is 12.1 Å². The number of nitrogens with zero attached hydrogens (tertiary/aromatic N) is 1. The second-order valence-corrected chi connectivity index (χ2v) is 7.75. The third-order valence-corrected chi connectivity index (χ3v) is 6.70. The van der Waals surface area contributed by atoms with Gasteiger partial charge in [0.2, 0.25) is 10.0 Å². The fraction of sp³-hybridized carbons (Fsp3) is 0.571. The molecule has 0 bridgehead atoms. The first-order valence-corrected chi connectivity index (χ1v) is 9.47. The lowest BCUT2D eigenvalue weighted by Crippen LogP contribution is -2.51. The number of morpholine rings is 1. The molecule has 2 unspecified atom stereocenters. The van der Waals surface area contributed by atoms with Gasteiger partial charge in [-0.15, -0.1) is 0 Å². The van der Waals surface area contributed by atoms with Crippen LogP contribution < -0.4 is 0 Å². The minimum absolute atomic E-state index is 0.0181. The van der Waals surface area contributed by atoms with Crippen molar-refractivity contribution in [3.63, 3.8) is 0 Å². The van der Waals surface area contributed by atoms with Crippen LogP contribution >= 0.6 is 15.9 Å². The summed E-state index contributed by atoms with van der Waals surface area (Å²) in [7, 11) is -3.40. The highest BCUT2D eigenvalue weighted by atomic mass is 79.9. The smallest absolute Gasteiger partial charge is 0.243 e. The van der Waals surface area contributed by atoms with E-state index >= 15 is 0 Å². The van der Waals surface area contributed by atoms with E-state index in [0.717, 1.165) is 30.2 Å². The zero-order valence-corrected chi connectivity index (χ0v) is 13.6. The highest BCUT2D eigenvalue weighted by Gasteiger charge is 2.42. The Bertz CT molecular complexity index is 573. The van der Waals surface area contributed by atoms with Crippen LogP contribution in [0.2, 0.25) is 0 Å². The van der Waals surface area contributed by atoms with Crippen LogP contribution in [0.4, 0.5) is 0 Å². The first kappa shape index (κ1) is 14.5. The fourth-order valence-electron chi connectivity index (χ4n) is 3.07. The molecule has 0 radical (unpaired) electrons. The van der Waals surface area contributed by atoms with E-state index in [1.165, 1.54) is 0 Å². The summed E-state index contributed by atoms with van der Waals surface area (Å²) in [5, 5.41) is 0.732. The standard InChI is InChI=1S/C14H18BrNO3S/c15-10-11-4-6-12(7-5-11)20(17,18)16-8-9-19-14-3-1-2-13(14)16/h4-7,13-14H,1-3,8-10H2. The first-order chi connectivity index (χ1) is 9.63. The summed E-state index contributed by atoms with van der Waals surface area (Å²) in [6.07, 6.45) is 3.01. The number of fused-ring (bicyclic) bond motifs is 1. The van der Waals surface area contributed by atoms with Gasteiger partial charge in [0.15, 0.2) is 0 Å². The Morgan fingerprint density at radius 3 is 2.70 bits per heavy atom. The summed E-state index contributed by atoms with van der Waals surface area (Å²) >= 11 is 3.37. The predicted octanol–water partition coefficient (Wildman–Crippen LogP) is 2.52. The van der Waals surface area contributed by atoms with Crippen LogP contribution in [-0.4, -0.2) is 38.0 Å². The molecule has 3 rings (SSSR count). The lowest BCUT2D eigenvalue weighted by atomic mass is 10.2. The molecule has 2 aliphatic rings. The molecule has 2 atom stereocenters. The van der Waals surface area contributed by atoms with E-state index < -0.39 is 10.0 Å². The molecule has 20 heavy (non-hydrogen) atoms. The number of hydrogen-bond donors (Lipinski definition) is 0. The third-order valence-electron chi connectivity index (χ3n) is 4.12. The minimum Gasteiger partial charge on any atom is -0.375 e. The van der Waals surface area contributed by atoms with Crippen LogP contribution in [0.15, 0.2) is 29.2 Å². The summed E-state index contributed by atoms with van der Waals surface area (Å²) in [6.45, 7) is 0.962. The maximum atomic E-state index is 12.8. The highest BCUT2D eigenvalue weighted by molar-refractivity contribution is 9.08. The van der Waals surface area contributed by atoms with Gasteiger partial charge in [-0.05, 0) is 37.0 Å². The van der Waals surface area contributed by atoms with Crippen molar-refractivity contribution >= 4 is 26.0 Å². The Balaban J connectivity index is 1.89. The molecular formula is C14H18BrNO3S. The molecule has 0 aromatic heterocycles. The number of benzene rings is 1. The normalized spacial score (nSPS) is 27.4. The second-order valence-electron chi connectivity index (χ2n) is 5.30. The monoisotopic (exact) mass is 359 g/mol. The Hall–Kier alpha value is -0.430. The lowest BCUT2D eigenvalue weighted by molar-refractivity contribution is -0.0241. The van der Waals surface area contributed by atoms with Gasteiger partial charge in [-0.1, -0.05) is 28.1 Å². The molecule has 1 aromatic carbocycles. The number of ether oxygens (including phenoxy) is 1. The highest BCUT2D eigenvalue weighted by Crippen LogP contribution is 2.33. The minimum atomic E-state index is -3.40. The maximum Gasteiger partial charge on any atom is 0.243 e. The molecule has 1 heterocycles. The summed E-state index contributed by atoms with van der Waals surface area (Å²) in [6, 6.07) is 7.13. The predicted molar refractivity (Wildman–Crippen MR) is 80.3 cm³/mol. The molecule has 1 saturated heterocycles. The Labute approximate surface area is 128 Å². The summed E-state index contributed by atoms with van der Waals surface area (Å²) in [5.74, 6) is 0. The molecular weight excluding hydrogens is 342 g/mol. The second kappa shape index (κ2) is 5.75. The van der Waals surface area contributed by atoms with Crippen molar-refractivity contribution < 1.29 is 13.2 Å². The van der Waals surface area contributed by atoms with Gasteiger partial charge in [-0.25, -0.2) is 8.42 Å². The van der Waals surface area contributed by atoms with E-state index in [0.29, 0.717) is 18.0 Å². The topological polar surface area (TPSA) is 46.6 Å². The van der Waals surface area contributed by atoms with Crippen LogP contribution in [-0.2, 0) is 20.1 Å². The zero-order valence-electron chi connectivity index (χ0n) is 11.2. The number of halogens is 1. The van der Waals surface area contributed by atoms with Crippen molar-refractivity contribution in [2.75, 3.05) is 13.2 Å². The number of sulfonamides is 1. The van der Waals surface area contributed by atoms with Crippen LogP contribution in [0.5, 0.6) is 0 Å². The van der Waals surface area contributed by atoms with Gasteiger partial charge in [0.05, 0.1) is 23.6 Å². The molecule has 110 valence electrons. The van der Waals surface area contributed by atoms with Crippen molar-refractivity contribution in [2.45, 2.75) is 41.6 Å². The molecule has 1 aromatic rings. The molecule has 1 aliphatic heterocycles. The van der Waals surface area contributed by atoms with Crippen molar-refractivity contribution in [3.05, 3.63) is 29.8 Å². The number of rotatable bonds is 3. The summed E-state index contributed by atoms with van der Waals surface area (Å²) in [4.78, 5) is 0.384. The van der Waals surface area contributed by atoms with Crippen LogP contribution in [0, 0.1) is 0 Å². The zero-order chi connectivity index (χ0) is 14.2. The van der Waals surface area contributed by atoms with E-state index in [2.05, 4.69) is 15.9 Å². The van der Waals surface area contributed by atoms with Gasteiger partial charge in [-0.3, -0.25) is 0 Å². The van der Waals surface area contributed by atoms with Crippen molar-refractivity contribution in [1.29, 1.82) is 0 Å². The van der Waals surface area contributed by atoms with Gasteiger partial charge in [0, 0.05) is 11.9 Å². The van der Waals surface area contributed by atoms with E-state index in [1.54, 1.807) is 16.4 Å². The quantitative estimate of drug-likeness (QED) is 0.779. The lowest BCUT2D eigenvalue weighted by Gasteiger charge is -2.36. The number of hydrogen-bond acceptors (Lipinski definition) is 3. The Kier molecular flexibility index (Phi) is 4.17. The van der Waals surface area contributed by atoms with Crippen LogP contribution in [0.25, 0.3) is 0 Å². The Morgan fingerprint density at radius 2 is 2.00 bits per heavy atom. The van der Waals surface area contributed by atoms with Crippen molar-refractivity contribution in [2.24, 2.45) is 0 Å². The molecule has 6 heteroatoms. The van der Waals surface area contributed by atoms with Crippen molar-refractivity contribution in [3.8, 4) is 0 Å². The van der Waals surface area contributed by atoms with E-state index in [9.17, 15) is 8.42 Å². The molecule has 1 saturated carbocycles. The van der Waals surface area contributed by atoms with Gasteiger partial charge >= 0.3 is 0 Å². The summed E-state index contributed by atoms with van der Waals surface area (Å²) < 4.78 is 32.9. The van der Waals surface area contributed by atoms with E-state index in [4.69, 9.17) is 4.74 Å². The molecule has 2 fully saturated rings. The third kappa shape index (κ3) is 2.54. The SMILES string of the molecule is O=S(=O)(c1ccc(CBr)cc1)N1CCOC2CCCC21. The molecule has 4 nitrogen and oxygen atoms in total. The van der Waals surface area contributed by atoms with Gasteiger partial charge in [0.1, 0.15) is 0 Å². The molecule has 0 spiro atoms. The molecule has 0 N–H and O–H groups in total. The fourth-order valence-corrected chi connectivity index (χ4v) is 5.11. The first-order valence-electron chi connectivity index (χ1n) is 6.91. The summed E-state index contributed by atoms with van der Waals surface area (Å²) in [5.41, 5.74) is 1.07. The van der Waals surface area contributed by atoms with Crippen LogP contribution in [0.3, 0.4) is 0 Å². The van der Waals surface area contributed by atoms with Gasteiger partial charge in [0.25, 0.3) is 0 Å². The Morgan fingerprint density at radius 1 is 1.25 bits per heavy atom. The van der Waals surface area contributed by atoms with E-state index in [1.807, 2.05) is 12.1 Å². The van der Waals surface area contributed by atoms with Crippen LogP contribution in [0.1, 0.15) is 24.8 Å². The largest absolute Gasteiger partial charge is 0.375 e. The maximum absolute atomic E-state index is 12.8. The molecule has 1 aliphatic carbocycles. The average Bonchev–Trinajstić information content (AvgIpc) is 2.95. The average molecular weight is 360 g/mol. The number of alkyl halides is 1. The van der Waals surface area contributed by atoms with Gasteiger partial charge in [-0.2, -0.15) is 4.31 Å². The van der Waals surface area contributed by atoms with Gasteiger partial charge < -0.3 is 4.74 Å². The van der Waals surface area contributed by atoms with Crippen molar-refractivity contribution in [1.82, 2.24) is 4.31 Å².